The number of fused-ring (bicyclic) bond motifs is 1. The molecule has 1 amide bonds. The van der Waals surface area contributed by atoms with Gasteiger partial charge in [-0.25, -0.2) is 9.37 Å². The molecule has 0 aliphatic carbocycles. The lowest BCUT2D eigenvalue weighted by molar-refractivity contribution is -0.113. The summed E-state index contributed by atoms with van der Waals surface area (Å²) in [5, 5.41) is 9.14. The van der Waals surface area contributed by atoms with Crippen molar-refractivity contribution < 1.29 is 18.7 Å². The number of benzene rings is 1. The van der Waals surface area contributed by atoms with Crippen LogP contribution in [0, 0.1) is 5.82 Å². The molecule has 0 saturated carbocycles. The second-order valence-corrected chi connectivity index (χ2v) is 7.01. The van der Waals surface area contributed by atoms with Crippen LogP contribution >= 0.6 is 43.5 Å². The number of ketones is 1. The van der Waals surface area contributed by atoms with Gasteiger partial charge in [0.15, 0.2) is 11.5 Å². The van der Waals surface area contributed by atoms with Gasteiger partial charge in [-0.05, 0) is 44.0 Å². The Labute approximate surface area is 173 Å². The molecule has 0 radical (unpaired) electrons. The highest BCUT2D eigenvalue weighted by Gasteiger charge is 2.28. The summed E-state index contributed by atoms with van der Waals surface area (Å²) in [4.78, 5) is 29.3. The van der Waals surface area contributed by atoms with Crippen molar-refractivity contribution >= 4 is 71.7 Å². The first kappa shape index (κ1) is 19.7. The molecule has 0 aliphatic heterocycles. The maximum absolute atomic E-state index is 13.9. The third kappa shape index (κ3) is 3.56. The number of hydrogen-bond acceptors (Lipinski definition) is 5. The van der Waals surface area contributed by atoms with Crippen molar-refractivity contribution in [3.05, 3.63) is 44.5 Å². The predicted molar refractivity (Wildman–Crippen MR) is 105 cm³/mol. The first-order valence-electron chi connectivity index (χ1n) is 7.34. The molecule has 3 rings (SSSR count). The number of aromatic nitrogens is 3. The van der Waals surface area contributed by atoms with Crippen molar-refractivity contribution in [1.29, 1.82) is 0 Å². The molecule has 7 nitrogen and oxygen atoms in total. The van der Waals surface area contributed by atoms with Crippen LogP contribution in [-0.4, -0.2) is 39.9 Å². The van der Waals surface area contributed by atoms with E-state index in [2.05, 4.69) is 52.4 Å². The zero-order valence-corrected chi connectivity index (χ0v) is 17.5. The molecule has 0 bridgehead atoms. The van der Waals surface area contributed by atoms with Crippen molar-refractivity contribution in [2.45, 2.75) is 0 Å². The smallest absolute Gasteiger partial charge is 0.239 e. The van der Waals surface area contributed by atoms with Gasteiger partial charge in [0, 0.05) is 10.9 Å². The fraction of sp³-hybridized carbons (Fsp3) is 0.125. The van der Waals surface area contributed by atoms with Crippen molar-refractivity contribution in [2.75, 3.05) is 18.3 Å². The van der Waals surface area contributed by atoms with E-state index >= 15 is 0 Å². The Morgan fingerprint density at radius 2 is 2.07 bits per heavy atom. The van der Waals surface area contributed by atoms with Crippen LogP contribution in [0.1, 0.15) is 15.9 Å². The van der Waals surface area contributed by atoms with Gasteiger partial charge < -0.3 is 10.1 Å². The minimum absolute atomic E-state index is 0.0267. The monoisotopic (exact) mass is 518 g/mol. The van der Waals surface area contributed by atoms with E-state index in [1.165, 1.54) is 19.4 Å². The van der Waals surface area contributed by atoms with E-state index in [0.29, 0.717) is 5.39 Å². The van der Waals surface area contributed by atoms with Gasteiger partial charge in [0.2, 0.25) is 5.91 Å². The minimum Gasteiger partial charge on any atom is -0.493 e. The summed E-state index contributed by atoms with van der Waals surface area (Å²) in [6, 6.07) is 2.49. The lowest BCUT2D eigenvalue weighted by atomic mass is 9.99. The van der Waals surface area contributed by atoms with Crippen LogP contribution in [0.3, 0.4) is 0 Å². The highest BCUT2D eigenvalue weighted by Crippen LogP contribution is 2.39. The van der Waals surface area contributed by atoms with Gasteiger partial charge in [0.1, 0.15) is 26.4 Å². The SMILES string of the molecule is COc1c(Br)nc(Br)c(NC(=O)CCl)c1C(=O)c1ccc(F)c2[nH]ncc12. The van der Waals surface area contributed by atoms with Crippen LogP contribution < -0.4 is 10.1 Å². The van der Waals surface area contributed by atoms with Gasteiger partial charge in [-0.1, -0.05) is 0 Å². The lowest BCUT2D eigenvalue weighted by Crippen LogP contribution is -2.18. The van der Waals surface area contributed by atoms with Crippen LogP contribution in [0.2, 0.25) is 0 Å². The van der Waals surface area contributed by atoms with Gasteiger partial charge in [-0.15, -0.1) is 11.6 Å². The van der Waals surface area contributed by atoms with E-state index in [-0.39, 0.29) is 43.2 Å². The summed E-state index contributed by atoms with van der Waals surface area (Å²) in [6.45, 7) is 0. The number of nitrogens with one attached hydrogen (secondary N) is 2. The maximum Gasteiger partial charge on any atom is 0.239 e. The van der Waals surface area contributed by atoms with Gasteiger partial charge in [-0.3, -0.25) is 14.7 Å². The number of carbonyl (C=O) groups excluding carboxylic acids is 2. The molecule has 2 aromatic heterocycles. The number of alkyl halides is 1. The third-order valence-corrected chi connectivity index (χ3v) is 5.05. The first-order chi connectivity index (χ1) is 12.9. The van der Waals surface area contributed by atoms with Crippen molar-refractivity contribution in [3.8, 4) is 5.75 Å². The Bertz CT molecular complexity index is 1070. The van der Waals surface area contributed by atoms with Crippen LogP contribution in [0.4, 0.5) is 10.1 Å². The summed E-state index contributed by atoms with van der Waals surface area (Å²) in [5.74, 6) is -1.81. The van der Waals surface area contributed by atoms with Gasteiger partial charge >= 0.3 is 0 Å². The number of carbonyl (C=O) groups is 2. The highest BCUT2D eigenvalue weighted by atomic mass is 79.9. The van der Waals surface area contributed by atoms with Crippen molar-refractivity contribution in [3.63, 3.8) is 0 Å². The second kappa shape index (κ2) is 7.91. The average molecular weight is 521 g/mol. The van der Waals surface area contributed by atoms with Gasteiger partial charge in [0.05, 0.1) is 24.6 Å². The standard InChI is InChI=1S/C16H10Br2ClFN4O3/c1-27-14-10(12(22-9(25)4-19)15(17)23-16(14)18)13(26)6-2-3-8(20)11-7(6)5-21-24-11/h2-3,5H,4H2,1H3,(H,21,24)(H,22,25). The van der Waals surface area contributed by atoms with Gasteiger partial charge in [0.25, 0.3) is 0 Å². The zero-order valence-electron chi connectivity index (χ0n) is 13.6. The number of amides is 1. The number of aromatic amines is 1. The molecule has 11 heteroatoms. The zero-order chi connectivity index (χ0) is 19.7. The van der Waals surface area contributed by atoms with Crippen LogP contribution in [-0.2, 0) is 4.79 Å². The van der Waals surface area contributed by atoms with Crippen LogP contribution in [0.25, 0.3) is 10.9 Å². The number of H-pyrrole nitrogens is 1. The topological polar surface area (TPSA) is 97.0 Å². The highest BCUT2D eigenvalue weighted by molar-refractivity contribution is 9.11. The number of hydrogen-bond donors (Lipinski definition) is 2. The molecule has 0 saturated heterocycles. The number of pyridine rings is 1. The molecule has 27 heavy (non-hydrogen) atoms. The van der Waals surface area contributed by atoms with Crippen molar-refractivity contribution in [2.24, 2.45) is 0 Å². The molecular formula is C16H10Br2ClFN4O3. The number of nitrogens with zero attached hydrogens (tertiary/aromatic N) is 2. The summed E-state index contributed by atoms with van der Waals surface area (Å²) >= 11 is 12.0. The fourth-order valence-electron chi connectivity index (χ4n) is 2.54. The molecule has 0 spiro atoms. The Morgan fingerprint density at radius 1 is 1.33 bits per heavy atom. The van der Waals surface area contributed by atoms with E-state index in [1.54, 1.807) is 0 Å². The van der Waals surface area contributed by atoms with Gasteiger partial charge in [-0.2, -0.15) is 5.10 Å². The fourth-order valence-corrected chi connectivity index (χ4v) is 3.85. The van der Waals surface area contributed by atoms with Crippen LogP contribution in [0.15, 0.2) is 27.5 Å². The van der Waals surface area contributed by atoms with E-state index in [1.807, 2.05) is 0 Å². The predicted octanol–water partition coefficient (Wildman–Crippen LogP) is 4.04. The number of halogens is 4. The maximum atomic E-state index is 13.9. The lowest BCUT2D eigenvalue weighted by Gasteiger charge is -2.16. The first-order valence-corrected chi connectivity index (χ1v) is 9.46. The molecule has 2 N–H and O–H groups in total. The third-order valence-electron chi connectivity index (χ3n) is 3.69. The molecule has 0 fully saturated rings. The minimum atomic E-state index is -0.543. The van der Waals surface area contributed by atoms with E-state index in [9.17, 15) is 14.0 Å². The van der Waals surface area contributed by atoms with Crippen LogP contribution in [0.5, 0.6) is 5.75 Å². The average Bonchev–Trinajstić information content (AvgIpc) is 3.14. The summed E-state index contributed by atoms with van der Waals surface area (Å²) in [6.07, 6.45) is 1.35. The molecule has 1 aromatic carbocycles. The molecule has 0 atom stereocenters. The largest absolute Gasteiger partial charge is 0.493 e. The Balaban J connectivity index is 2.27. The number of anilines is 1. The molecule has 140 valence electrons. The normalized spacial score (nSPS) is 10.9. The molecular weight excluding hydrogens is 510 g/mol. The van der Waals surface area contributed by atoms with E-state index in [4.69, 9.17) is 16.3 Å². The molecule has 0 unspecified atom stereocenters. The van der Waals surface area contributed by atoms with E-state index in [0.717, 1.165) is 6.07 Å². The Hall–Kier alpha value is -2.04. The Kier molecular flexibility index (Phi) is 5.78. The summed E-state index contributed by atoms with van der Waals surface area (Å²) < 4.78 is 19.7. The second-order valence-electron chi connectivity index (χ2n) is 5.24. The van der Waals surface area contributed by atoms with Crippen molar-refractivity contribution in [1.82, 2.24) is 15.2 Å². The number of rotatable bonds is 5. The number of methoxy groups -OCH3 is 1. The molecule has 3 aromatic rings. The molecule has 2 heterocycles. The summed E-state index contributed by atoms with van der Waals surface area (Å²) in [7, 11) is 1.36. The number of ether oxygens (including phenoxy) is 1. The molecule has 0 aliphatic rings. The van der Waals surface area contributed by atoms with E-state index < -0.39 is 17.5 Å². The Morgan fingerprint density at radius 3 is 2.74 bits per heavy atom. The summed E-state index contributed by atoms with van der Waals surface area (Å²) in [5.41, 5.74) is 0.383. The quantitative estimate of drug-likeness (QED) is 0.301.